The highest BCUT2D eigenvalue weighted by atomic mass is 19.1. The molecule has 0 spiro atoms. The summed E-state index contributed by atoms with van der Waals surface area (Å²) in [6.45, 7) is 18.3. The van der Waals surface area contributed by atoms with Gasteiger partial charge in [0.1, 0.15) is 5.82 Å². The second-order valence-electron chi connectivity index (χ2n) is 15.5. The van der Waals surface area contributed by atoms with Crippen molar-refractivity contribution in [1.29, 1.82) is 0 Å². The minimum absolute atomic E-state index is 0.0503. The molecule has 5 aliphatic rings. The predicted octanol–water partition coefficient (Wildman–Crippen LogP) is 9.67. The van der Waals surface area contributed by atoms with Gasteiger partial charge in [0.05, 0.1) is 5.56 Å². The van der Waals surface area contributed by atoms with E-state index in [1.54, 1.807) is 18.2 Å². The Morgan fingerprint density at radius 1 is 0.950 bits per heavy atom. The third kappa shape index (κ3) is 3.99. The molecule has 1 aromatic rings. The van der Waals surface area contributed by atoms with Crippen LogP contribution in [0.25, 0.3) is 5.57 Å². The molecule has 4 saturated carbocycles. The highest BCUT2D eigenvalue weighted by Crippen LogP contribution is 2.77. The number of aldehydes is 1. The average molecular weight is 549 g/mol. The summed E-state index contributed by atoms with van der Waals surface area (Å²) in [5.74, 6) is 2.29. The van der Waals surface area contributed by atoms with Gasteiger partial charge in [-0.3, -0.25) is 4.79 Å². The van der Waals surface area contributed by atoms with Crippen LogP contribution in [0.5, 0.6) is 0 Å². The number of carbonyl (C=O) groups is 1. The average Bonchev–Trinajstić information content (AvgIpc) is 3.34. The zero-order valence-corrected chi connectivity index (χ0v) is 26.0. The van der Waals surface area contributed by atoms with Crippen LogP contribution in [-0.2, 0) is 0 Å². The van der Waals surface area contributed by atoms with Crippen molar-refractivity contribution in [2.24, 2.45) is 50.7 Å². The van der Waals surface area contributed by atoms with Crippen molar-refractivity contribution >= 4 is 11.9 Å². The molecule has 6 rings (SSSR count). The van der Waals surface area contributed by atoms with Crippen LogP contribution in [0.1, 0.15) is 122 Å². The molecule has 0 saturated heterocycles. The molecule has 220 valence electrons. The number of hydrogen-bond donors (Lipinski definition) is 1. The first-order valence-corrected chi connectivity index (χ1v) is 16.0. The first kappa shape index (κ1) is 29.7. The van der Waals surface area contributed by atoms with E-state index in [2.05, 4.69) is 47.3 Å². The number of hydrogen-bond acceptors (Lipinski definition) is 2. The van der Waals surface area contributed by atoms with Crippen LogP contribution in [0, 0.1) is 56.6 Å². The molecule has 40 heavy (non-hydrogen) atoms. The van der Waals surface area contributed by atoms with Crippen molar-refractivity contribution in [3.63, 3.8) is 0 Å². The van der Waals surface area contributed by atoms with E-state index in [1.807, 2.05) is 13.0 Å². The molecule has 0 amide bonds. The normalized spacial score (nSPS) is 43.0. The van der Waals surface area contributed by atoms with Crippen LogP contribution in [0.2, 0.25) is 0 Å². The molecular weight excluding hydrogens is 495 g/mol. The van der Waals surface area contributed by atoms with Crippen molar-refractivity contribution in [3.05, 3.63) is 53.9 Å². The fraction of sp³-hybridized carbons (Fsp3) is 0.703. The molecule has 0 heterocycles. The Bertz CT molecular complexity index is 1180. The highest BCUT2D eigenvalue weighted by Gasteiger charge is 2.69. The topological polar surface area (TPSA) is 37.3 Å². The van der Waals surface area contributed by atoms with Gasteiger partial charge in [0.15, 0.2) is 6.29 Å². The summed E-state index contributed by atoms with van der Waals surface area (Å²) in [5, 5.41) is 10.5. The van der Waals surface area contributed by atoms with Gasteiger partial charge >= 0.3 is 0 Å². The van der Waals surface area contributed by atoms with E-state index >= 15 is 0 Å². The second-order valence-corrected chi connectivity index (χ2v) is 15.5. The summed E-state index contributed by atoms with van der Waals surface area (Å²) in [7, 11) is 0. The van der Waals surface area contributed by atoms with E-state index in [0.29, 0.717) is 41.5 Å². The van der Waals surface area contributed by atoms with Crippen LogP contribution in [0.15, 0.2) is 36.9 Å². The molecule has 5 aliphatic carbocycles. The standard InChI is InChI=1S/C34H47FO2.C3H6/c1-30(2)24(22-8-9-23(20-36)27(35)19-22)12-15-31(3)28(30)13-16-33(5)29(31)11-10-25-26-7-6-14-34(26,21-37)18-17-32(25,33)4;1-3-2/h8-9,12,19-20,25-26,28-29,37H,6-7,10-11,13-18,21H2,1-5H3;3H,1H2,2H3/t25?,26?,28?,29?,31?,32-,33?,34?;/m1./s1. The lowest BCUT2D eigenvalue weighted by molar-refractivity contribution is -0.225. The first-order valence-electron chi connectivity index (χ1n) is 16.0. The molecule has 0 radical (unpaired) electrons. The van der Waals surface area contributed by atoms with Crippen LogP contribution in [-0.4, -0.2) is 18.0 Å². The molecule has 2 nitrogen and oxygen atoms in total. The maximum atomic E-state index is 14.6. The Balaban J connectivity index is 0.00000103. The fourth-order valence-corrected chi connectivity index (χ4v) is 11.9. The number of aliphatic hydroxyl groups excluding tert-OH is 1. The smallest absolute Gasteiger partial charge is 0.152 e. The van der Waals surface area contributed by atoms with E-state index in [0.717, 1.165) is 17.9 Å². The summed E-state index contributed by atoms with van der Waals surface area (Å²) in [6, 6.07) is 5.16. The maximum absolute atomic E-state index is 14.6. The van der Waals surface area contributed by atoms with Crippen molar-refractivity contribution in [2.45, 2.75) is 106 Å². The highest BCUT2D eigenvalue weighted by molar-refractivity contribution is 5.78. The summed E-state index contributed by atoms with van der Waals surface area (Å²) in [5.41, 5.74) is 3.39. The summed E-state index contributed by atoms with van der Waals surface area (Å²) >= 11 is 0. The minimum atomic E-state index is -0.414. The fourth-order valence-electron chi connectivity index (χ4n) is 11.9. The lowest BCUT2D eigenvalue weighted by Gasteiger charge is -2.72. The van der Waals surface area contributed by atoms with Gasteiger partial charge < -0.3 is 5.11 Å². The summed E-state index contributed by atoms with van der Waals surface area (Å²) < 4.78 is 14.6. The van der Waals surface area contributed by atoms with Gasteiger partial charge in [0.2, 0.25) is 0 Å². The van der Waals surface area contributed by atoms with Crippen LogP contribution in [0.3, 0.4) is 0 Å². The summed E-state index contributed by atoms with van der Waals surface area (Å²) in [6.07, 6.45) is 17.3. The van der Waals surface area contributed by atoms with Crippen molar-refractivity contribution in [1.82, 2.24) is 0 Å². The maximum Gasteiger partial charge on any atom is 0.152 e. The zero-order chi connectivity index (χ0) is 29.1. The van der Waals surface area contributed by atoms with Gasteiger partial charge in [-0.1, -0.05) is 59.3 Å². The van der Waals surface area contributed by atoms with Gasteiger partial charge in [-0.2, -0.15) is 0 Å². The Morgan fingerprint density at radius 2 is 1.68 bits per heavy atom. The number of rotatable bonds is 3. The number of halogens is 1. The van der Waals surface area contributed by atoms with Gasteiger partial charge in [0, 0.05) is 6.61 Å². The molecule has 7 unspecified atom stereocenters. The van der Waals surface area contributed by atoms with Gasteiger partial charge in [-0.05, 0) is 139 Å². The number of allylic oxidation sites excluding steroid dienone is 3. The molecule has 3 heteroatoms. The number of carbonyl (C=O) groups excluding carboxylic acids is 1. The van der Waals surface area contributed by atoms with E-state index < -0.39 is 5.82 Å². The Hall–Kier alpha value is -1.74. The quantitative estimate of drug-likeness (QED) is 0.301. The van der Waals surface area contributed by atoms with Gasteiger partial charge in [0.25, 0.3) is 0 Å². The van der Waals surface area contributed by atoms with Crippen LogP contribution < -0.4 is 0 Å². The first-order chi connectivity index (χ1) is 18.9. The van der Waals surface area contributed by atoms with E-state index in [-0.39, 0.29) is 21.8 Å². The third-order valence-electron chi connectivity index (χ3n) is 13.9. The Labute approximate surface area is 242 Å². The van der Waals surface area contributed by atoms with E-state index in [1.165, 1.54) is 63.4 Å². The SMILES string of the molecule is C=CC.CC1(C)C(c2ccc(C=O)c(F)c2)=CCC2(C)C1CCC1(C)C2CCC2C3CCCC3(CO)CC[C@]21C. The van der Waals surface area contributed by atoms with Crippen LogP contribution in [0.4, 0.5) is 4.39 Å². The Kier molecular flexibility index (Phi) is 7.59. The molecule has 1 N–H and O–H groups in total. The van der Waals surface area contributed by atoms with Crippen molar-refractivity contribution in [2.75, 3.05) is 6.61 Å². The van der Waals surface area contributed by atoms with E-state index in [4.69, 9.17) is 0 Å². The van der Waals surface area contributed by atoms with Crippen LogP contribution >= 0.6 is 0 Å². The lowest BCUT2D eigenvalue weighted by atomic mass is 9.33. The number of benzene rings is 1. The predicted molar refractivity (Wildman–Crippen MR) is 163 cm³/mol. The van der Waals surface area contributed by atoms with Gasteiger partial charge in [-0.15, -0.1) is 6.58 Å². The van der Waals surface area contributed by atoms with Crippen molar-refractivity contribution < 1.29 is 14.3 Å². The molecule has 8 atom stereocenters. The molecule has 0 aliphatic heterocycles. The third-order valence-corrected chi connectivity index (χ3v) is 13.9. The molecule has 4 fully saturated rings. The monoisotopic (exact) mass is 548 g/mol. The summed E-state index contributed by atoms with van der Waals surface area (Å²) in [4.78, 5) is 11.2. The molecule has 0 aromatic heterocycles. The lowest BCUT2D eigenvalue weighted by Crippen LogP contribution is -2.65. The number of fused-ring (bicyclic) bond motifs is 7. The largest absolute Gasteiger partial charge is 0.396 e. The molecular formula is C37H53FO2. The second kappa shape index (κ2) is 10.2. The van der Waals surface area contributed by atoms with Crippen molar-refractivity contribution in [3.8, 4) is 0 Å². The zero-order valence-electron chi connectivity index (χ0n) is 26.0. The van der Waals surface area contributed by atoms with Gasteiger partial charge in [-0.25, -0.2) is 4.39 Å². The molecule has 0 bridgehead atoms. The molecule has 1 aromatic carbocycles. The Morgan fingerprint density at radius 3 is 2.33 bits per heavy atom. The number of aliphatic hydroxyl groups is 1. The minimum Gasteiger partial charge on any atom is -0.396 e. The van der Waals surface area contributed by atoms with E-state index in [9.17, 15) is 14.3 Å².